The van der Waals surface area contributed by atoms with Gasteiger partial charge in [-0.1, -0.05) is 37.3 Å². The van der Waals surface area contributed by atoms with Gasteiger partial charge in [0.25, 0.3) is 0 Å². The molecule has 1 atom stereocenters. The molecular weight excluding hydrogens is 427 g/mol. The molecule has 1 aliphatic rings. The number of guanidine groups is 1. The lowest BCUT2D eigenvalue weighted by Crippen LogP contribution is -2.40. The van der Waals surface area contributed by atoms with E-state index in [1.807, 2.05) is 0 Å². The lowest BCUT2D eigenvalue weighted by atomic mass is 9.99. The first-order valence-corrected chi connectivity index (χ1v) is 9.09. The number of hydrogen-bond acceptors (Lipinski definition) is 2. The Labute approximate surface area is 168 Å². The van der Waals surface area contributed by atoms with Gasteiger partial charge in [-0.3, -0.25) is 9.79 Å². The Bertz CT molecular complexity index is 535. The Morgan fingerprint density at radius 3 is 2.68 bits per heavy atom. The van der Waals surface area contributed by atoms with Crippen LogP contribution in [0.15, 0.2) is 35.3 Å². The average Bonchev–Trinajstić information content (AvgIpc) is 3.10. The van der Waals surface area contributed by atoms with E-state index in [0.717, 1.165) is 45.0 Å². The van der Waals surface area contributed by atoms with Crippen molar-refractivity contribution in [2.45, 2.75) is 39.0 Å². The molecule has 2 rings (SSSR count). The zero-order valence-corrected chi connectivity index (χ0v) is 17.7. The maximum absolute atomic E-state index is 11.7. The molecule has 6 heteroatoms. The van der Waals surface area contributed by atoms with Crippen molar-refractivity contribution in [2.75, 3.05) is 32.7 Å². The van der Waals surface area contributed by atoms with Gasteiger partial charge in [0.1, 0.15) is 0 Å². The van der Waals surface area contributed by atoms with Crippen molar-refractivity contribution in [3.8, 4) is 0 Å². The van der Waals surface area contributed by atoms with E-state index in [9.17, 15) is 4.79 Å². The highest BCUT2D eigenvalue weighted by molar-refractivity contribution is 14.0. The van der Waals surface area contributed by atoms with Gasteiger partial charge in [0.2, 0.25) is 5.91 Å². The van der Waals surface area contributed by atoms with Crippen LogP contribution in [0.1, 0.15) is 44.6 Å². The summed E-state index contributed by atoms with van der Waals surface area (Å²) in [5.74, 6) is 1.57. The first-order chi connectivity index (χ1) is 11.7. The van der Waals surface area contributed by atoms with Crippen molar-refractivity contribution in [2.24, 2.45) is 4.99 Å². The van der Waals surface area contributed by atoms with Crippen molar-refractivity contribution in [1.82, 2.24) is 15.5 Å². The van der Waals surface area contributed by atoms with E-state index in [4.69, 9.17) is 0 Å². The summed E-state index contributed by atoms with van der Waals surface area (Å²) in [6.07, 6.45) is 2.56. The minimum Gasteiger partial charge on any atom is -0.357 e. The lowest BCUT2D eigenvalue weighted by Gasteiger charge is -2.21. The SMILES string of the molecule is CCCNC(=O)CCN=C(NCC)N1CCC(c2ccccc2)C1.I. The number of carbonyl (C=O) groups excluding carboxylic acids is 1. The lowest BCUT2D eigenvalue weighted by molar-refractivity contribution is -0.120. The minimum atomic E-state index is 0. The van der Waals surface area contributed by atoms with Crippen molar-refractivity contribution < 1.29 is 4.79 Å². The smallest absolute Gasteiger partial charge is 0.221 e. The molecule has 0 aromatic heterocycles. The molecule has 0 bridgehead atoms. The van der Waals surface area contributed by atoms with Crippen LogP contribution >= 0.6 is 24.0 Å². The topological polar surface area (TPSA) is 56.7 Å². The van der Waals surface area contributed by atoms with Crippen LogP contribution in [0.25, 0.3) is 0 Å². The molecule has 0 radical (unpaired) electrons. The molecule has 1 fully saturated rings. The molecule has 0 aliphatic carbocycles. The van der Waals surface area contributed by atoms with Gasteiger partial charge in [-0.05, 0) is 25.3 Å². The van der Waals surface area contributed by atoms with Gasteiger partial charge in [-0.15, -0.1) is 24.0 Å². The summed E-state index contributed by atoms with van der Waals surface area (Å²) in [5.41, 5.74) is 1.40. The number of nitrogens with zero attached hydrogens (tertiary/aromatic N) is 2. The third-order valence-electron chi connectivity index (χ3n) is 4.27. The average molecular weight is 458 g/mol. The predicted molar refractivity (Wildman–Crippen MR) is 115 cm³/mol. The number of benzene rings is 1. The van der Waals surface area contributed by atoms with Crippen molar-refractivity contribution in [3.63, 3.8) is 0 Å². The van der Waals surface area contributed by atoms with Gasteiger partial charge in [0.05, 0.1) is 6.54 Å². The largest absolute Gasteiger partial charge is 0.357 e. The number of rotatable bonds is 7. The molecule has 1 saturated heterocycles. The summed E-state index contributed by atoms with van der Waals surface area (Å²) in [6, 6.07) is 10.7. The molecule has 1 aliphatic heterocycles. The molecule has 1 aromatic rings. The second-order valence-corrected chi connectivity index (χ2v) is 6.18. The van der Waals surface area contributed by atoms with Crippen LogP contribution in [0.4, 0.5) is 0 Å². The zero-order valence-electron chi connectivity index (χ0n) is 15.3. The number of halogens is 1. The summed E-state index contributed by atoms with van der Waals surface area (Å²) in [4.78, 5) is 18.6. The Balaban J connectivity index is 0.00000312. The number of carbonyl (C=O) groups is 1. The molecular formula is C19H31IN4O. The van der Waals surface area contributed by atoms with E-state index in [2.05, 4.69) is 64.7 Å². The summed E-state index contributed by atoms with van der Waals surface area (Å²) >= 11 is 0. The molecule has 1 unspecified atom stereocenters. The summed E-state index contributed by atoms with van der Waals surface area (Å²) in [5, 5.41) is 6.25. The number of amides is 1. The first kappa shape index (κ1) is 21.7. The summed E-state index contributed by atoms with van der Waals surface area (Å²) < 4.78 is 0. The predicted octanol–water partition coefficient (Wildman–Crippen LogP) is 2.98. The van der Waals surface area contributed by atoms with Crippen LogP contribution < -0.4 is 10.6 Å². The highest BCUT2D eigenvalue weighted by atomic mass is 127. The fraction of sp³-hybridized carbons (Fsp3) is 0.579. The van der Waals surface area contributed by atoms with Gasteiger partial charge in [-0.25, -0.2) is 0 Å². The molecule has 5 nitrogen and oxygen atoms in total. The quantitative estimate of drug-likeness (QED) is 0.375. The van der Waals surface area contributed by atoms with Gasteiger partial charge in [-0.2, -0.15) is 0 Å². The molecule has 1 aromatic carbocycles. The minimum absolute atomic E-state index is 0. The van der Waals surface area contributed by atoms with Crippen LogP contribution in [-0.4, -0.2) is 49.5 Å². The molecule has 25 heavy (non-hydrogen) atoms. The van der Waals surface area contributed by atoms with Crippen LogP contribution in [0.3, 0.4) is 0 Å². The van der Waals surface area contributed by atoms with E-state index in [1.54, 1.807) is 0 Å². The van der Waals surface area contributed by atoms with Crippen molar-refractivity contribution in [3.05, 3.63) is 35.9 Å². The van der Waals surface area contributed by atoms with Crippen LogP contribution in [0, 0.1) is 0 Å². The monoisotopic (exact) mass is 458 g/mol. The fourth-order valence-corrected chi connectivity index (χ4v) is 2.99. The maximum atomic E-state index is 11.7. The maximum Gasteiger partial charge on any atom is 0.221 e. The molecule has 1 heterocycles. The Morgan fingerprint density at radius 1 is 1.24 bits per heavy atom. The highest BCUT2D eigenvalue weighted by Gasteiger charge is 2.25. The Hall–Kier alpha value is -1.31. The molecule has 0 spiro atoms. The third-order valence-corrected chi connectivity index (χ3v) is 4.27. The van der Waals surface area contributed by atoms with Crippen molar-refractivity contribution >= 4 is 35.8 Å². The van der Waals surface area contributed by atoms with Gasteiger partial charge in [0.15, 0.2) is 5.96 Å². The molecule has 140 valence electrons. The third kappa shape index (κ3) is 7.22. The van der Waals surface area contributed by atoms with E-state index in [-0.39, 0.29) is 29.9 Å². The summed E-state index contributed by atoms with van der Waals surface area (Å²) in [6.45, 7) is 8.24. The Morgan fingerprint density at radius 2 is 2.00 bits per heavy atom. The van der Waals surface area contributed by atoms with E-state index in [0.29, 0.717) is 18.9 Å². The van der Waals surface area contributed by atoms with E-state index in [1.165, 1.54) is 5.56 Å². The second-order valence-electron chi connectivity index (χ2n) is 6.18. The van der Waals surface area contributed by atoms with Crippen LogP contribution in [-0.2, 0) is 4.79 Å². The van der Waals surface area contributed by atoms with Gasteiger partial charge in [0, 0.05) is 38.5 Å². The molecule has 0 saturated carbocycles. The van der Waals surface area contributed by atoms with E-state index < -0.39 is 0 Å². The number of hydrogen-bond donors (Lipinski definition) is 2. The molecule has 1 amide bonds. The standard InChI is InChI=1S/C19H30N4O.HI/c1-3-12-21-18(24)10-13-22-19(20-4-2)23-14-11-17(15-23)16-8-6-5-7-9-16;/h5-9,17H,3-4,10-15H2,1-2H3,(H,20,22)(H,21,24);1H. The second kappa shape index (κ2) is 12.1. The normalized spacial score (nSPS) is 17.1. The van der Waals surface area contributed by atoms with Gasteiger partial charge >= 0.3 is 0 Å². The first-order valence-electron chi connectivity index (χ1n) is 9.09. The summed E-state index contributed by atoms with van der Waals surface area (Å²) in [7, 11) is 0. The zero-order chi connectivity index (χ0) is 17.2. The number of likely N-dealkylation sites (tertiary alicyclic amines) is 1. The van der Waals surface area contributed by atoms with E-state index >= 15 is 0 Å². The fourth-order valence-electron chi connectivity index (χ4n) is 2.99. The van der Waals surface area contributed by atoms with Gasteiger partial charge < -0.3 is 15.5 Å². The number of nitrogens with one attached hydrogen (secondary N) is 2. The van der Waals surface area contributed by atoms with Crippen LogP contribution in [0.5, 0.6) is 0 Å². The Kier molecular flexibility index (Phi) is 10.5. The van der Waals surface area contributed by atoms with Crippen LogP contribution in [0.2, 0.25) is 0 Å². The highest BCUT2D eigenvalue weighted by Crippen LogP contribution is 2.26. The molecule has 2 N–H and O–H groups in total. The number of aliphatic imine (C=N–C) groups is 1. The van der Waals surface area contributed by atoms with Crippen molar-refractivity contribution in [1.29, 1.82) is 0 Å².